The first kappa shape index (κ1) is 12.3. The molecule has 0 aromatic carbocycles. The first-order valence-corrected chi connectivity index (χ1v) is 5.20. The molecule has 1 N–H and O–H groups in total. The zero-order chi connectivity index (χ0) is 11.3. The standard InChI is InChI=1S/C7H10F3N3OS/c8-7(9,10)15-4-2-13-5-6(1-3-14)11-12-13/h5,14H,1-4H2. The largest absolute Gasteiger partial charge is 0.441 e. The van der Waals surface area contributed by atoms with Crippen LogP contribution in [0.15, 0.2) is 6.20 Å². The van der Waals surface area contributed by atoms with E-state index in [-0.39, 0.29) is 30.7 Å². The summed E-state index contributed by atoms with van der Waals surface area (Å²) in [5.41, 5.74) is -3.62. The van der Waals surface area contributed by atoms with Crippen molar-refractivity contribution >= 4 is 11.8 Å². The van der Waals surface area contributed by atoms with Gasteiger partial charge in [-0.05, 0) is 11.8 Å². The fourth-order valence-corrected chi connectivity index (χ4v) is 1.44. The number of aromatic nitrogens is 3. The van der Waals surface area contributed by atoms with Crippen molar-refractivity contribution in [1.29, 1.82) is 0 Å². The number of halogens is 3. The van der Waals surface area contributed by atoms with E-state index in [4.69, 9.17) is 5.11 Å². The molecule has 1 rings (SSSR count). The molecule has 0 aliphatic heterocycles. The van der Waals surface area contributed by atoms with E-state index in [0.29, 0.717) is 12.1 Å². The number of rotatable bonds is 5. The first-order valence-electron chi connectivity index (χ1n) is 4.22. The fraction of sp³-hybridized carbons (Fsp3) is 0.714. The van der Waals surface area contributed by atoms with Gasteiger partial charge in [-0.2, -0.15) is 13.2 Å². The number of hydrogen-bond donors (Lipinski definition) is 1. The number of thioether (sulfide) groups is 1. The summed E-state index contributed by atoms with van der Waals surface area (Å²) in [5.74, 6) is -0.0918. The lowest BCUT2D eigenvalue weighted by molar-refractivity contribution is -0.0328. The summed E-state index contributed by atoms with van der Waals surface area (Å²) >= 11 is -0.0870. The zero-order valence-electron chi connectivity index (χ0n) is 7.74. The van der Waals surface area contributed by atoms with E-state index < -0.39 is 5.51 Å². The number of aliphatic hydroxyl groups excluding tert-OH is 1. The van der Waals surface area contributed by atoms with Gasteiger partial charge in [-0.25, -0.2) is 0 Å². The highest BCUT2D eigenvalue weighted by Gasteiger charge is 2.27. The highest BCUT2D eigenvalue weighted by molar-refractivity contribution is 8.00. The van der Waals surface area contributed by atoms with Crippen molar-refractivity contribution in [3.8, 4) is 0 Å². The monoisotopic (exact) mass is 241 g/mol. The van der Waals surface area contributed by atoms with Crippen LogP contribution in [0.1, 0.15) is 5.69 Å². The number of aliphatic hydroxyl groups is 1. The molecule has 1 aromatic rings. The summed E-state index contributed by atoms with van der Waals surface area (Å²) in [6.45, 7) is 0.110. The van der Waals surface area contributed by atoms with E-state index in [0.717, 1.165) is 0 Å². The number of hydrogen-bond acceptors (Lipinski definition) is 4. The second kappa shape index (κ2) is 5.36. The maximum absolute atomic E-state index is 11.8. The molecule has 1 aromatic heterocycles. The normalized spacial score (nSPS) is 12.0. The van der Waals surface area contributed by atoms with E-state index in [1.54, 1.807) is 0 Å². The number of aryl methyl sites for hydroxylation is 1. The Balaban J connectivity index is 2.31. The van der Waals surface area contributed by atoms with E-state index in [1.807, 2.05) is 0 Å². The number of nitrogens with zero attached hydrogens (tertiary/aromatic N) is 3. The first-order chi connectivity index (χ1) is 7.01. The van der Waals surface area contributed by atoms with Crippen LogP contribution in [0.3, 0.4) is 0 Å². The van der Waals surface area contributed by atoms with Crippen molar-refractivity contribution in [3.63, 3.8) is 0 Å². The Bertz CT molecular complexity index is 302. The molecule has 0 fully saturated rings. The second-order valence-electron chi connectivity index (χ2n) is 2.74. The van der Waals surface area contributed by atoms with Crippen molar-refractivity contribution < 1.29 is 18.3 Å². The maximum Gasteiger partial charge on any atom is 0.441 e. The third kappa shape index (κ3) is 5.03. The minimum absolute atomic E-state index is 0.0456. The minimum Gasteiger partial charge on any atom is -0.396 e. The van der Waals surface area contributed by atoms with Crippen LogP contribution in [0.2, 0.25) is 0 Å². The molecule has 86 valence electrons. The van der Waals surface area contributed by atoms with Crippen LogP contribution in [0.25, 0.3) is 0 Å². The summed E-state index contributed by atoms with van der Waals surface area (Å²) in [6, 6.07) is 0. The van der Waals surface area contributed by atoms with Crippen LogP contribution in [0.5, 0.6) is 0 Å². The van der Waals surface area contributed by atoms with Gasteiger partial charge in [0.25, 0.3) is 0 Å². The molecule has 0 unspecified atom stereocenters. The molecule has 0 saturated carbocycles. The predicted molar refractivity (Wildman–Crippen MR) is 49.3 cm³/mol. The zero-order valence-corrected chi connectivity index (χ0v) is 8.55. The lowest BCUT2D eigenvalue weighted by atomic mass is 10.3. The molecule has 4 nitrogen and oxygen atoms in total. The topological polar surface area (TPSA) is 50.9 Å². The van der Waals surface area contributed by atoms with Crippen LogP contribution < -0.4 is 0 Å². The Hall–Kier alpha value is -0.760. The lowest BCUT2D eigenvalue weighted by Gasteiger charge is -2.04. The molecular weight excluding hydrogens is 231 g/mol. The van der Waals surface area contributed by atoms with Gasteiger partial charge in [0.15, 0.2) is 0 Å². The Morgan fingerprint density at radius 3 is 2.80 bits per heavy atom. The summed E-state index contributed by atoms with van der Waals surface area (Å²) in [4.78, 5) is 0. The van der Waals surface area contributed by atoms with Crippen molar-refractivity contribution in [2.75, 3.05) is 12.4 Å². The molecule has 0 radical (unpaired) electrons. The smallest absolute Gasteiger partial charge is 0.396 e. The molecule has 1 heterocycles. The van der Waals surface area contributed by atoms with Crippen LogP contribution in [0.4, 0.5) is 13.2 Å². The van der Waals surface area contributed by atoms with E-state index in [2.05, 4.69) is 10.3 Å². The average molecular weight is 241 g/mol. The predicted octanol–water partition coefficient (Wildman–Crippen LogP) is 1.07. The highest BCUT2D eigenvalue weighted by Crippen LogP contribution is 2.29. The maximum atomic E-state index is 11.8. The fourth-order valence-electron chi connectivity index (χ4n) is 0.932. The Morgan fingerprint density at radius 2 is 2.20 bits per heavy atom. The van der Waals surface area contributed by atoms with E-state index >= 15 is 0 Å². The Labute approximate surface area is 88.5 Å². The molecule has 0 aliphatic carbocycles. The van der Waals surface area contributed by atoms with Gasteiger partial charge in [-0.3, -0.25) is 4.68 Å². The minimum atomic E-state index is -4.20. The molecule has 0 atom stereocenters. The SMILES string of the molecule is OCCc1cn(CCSC(F)(F)F)nn1. The third-order valence-electron chi connectivity index (χ3n) is 1.54. The highest BCUT2D eigenvalue weighted by atomic mass is 32.2. The van der Waals surface area contributed by atoms with Crippen molar-refractivity contribution in [2.45, 2.75) is 18.5 Å². The van der Waals surface area contributed by atoms with E-state index in [1.165, 1.54) is 10.9 Å². The molecule has 0 spiro atoms. The summed E-state index contributed by atoms with van der Waals surface area (Å²) in [7, 11) is 0. The molecule has 8 heteroatoms. The lowest BCUT2D eigenvalue weighted by Crippen LogP contribution is -2.07. The van der Waals surface area contributed by atoms with Crippen molar-refractivity contribution in [3.05, 3.63) is 11.9 Å². The molecule has 0 amide bonds. The molecular formula is C7H10F3N3OS. The summed E-state index contributed by atoms with van der Waals surface area (Å²) < 4.78 is 36.6. The van der Waals surface area contributed by atoms with Crippen LogP contribution >= 0.6 is 11.8 Å². The van der Waals surface area contributed by atoms with E-state index in [9.17, 15) is 13.2 Å². The summed E-state index contributed by atoms with van der Waals surface area (Å²) in [6.07, 6.45) is 1.90. The molecule has 15 heavy (non-hydrogen) atoms. The Kier molecular flexibility index (Phi) is 4.40. The van der Waals surface area contributed by atoms with Gasteiger partial charge in [-0.15, -0.1) is 5.10 Å². The van der Waals surface area contributed by atoms with Gasteiger partial charge in [0.05, 0.1) is 12.2 Å². The van der Waals surface area contributed by atoms with Crippen LogP contribution in [-0.4, -0.2) is 38.0 Å². The second-order valence-corrected chi connectivity index (χ2v) is 3.90. The van der Waals surface area contributed by atoms with Crippen LogP contribution in [0, 0.1) is 0 Å². The van der Waals surface area contributed by atoms with Gasteiger partial charge in [0, 0.05) is 25.0 Å². The van der Waals surface area contributed by atoms with Gasteiger partial charge in [0.2, 0.25) is 0 Å². The molecule has 0 saturated heterocycles. The molecule has 0 aliphatic rings. The Morgan fingerprint density at radius 1 is 1.47 bits per heavy atom. The van der Waals surface area contributed by atoms with Gasteiger partial charge in [-0.1, -0.05) is 5.21 Å². The van der Waals surface area contributed by atoms with Gasteiger partial charge < -0.3 is 5.11 Å². The summed E-state index contributed by atoms with van der Waals surface area (Å²) in [5, 5.41) is 15.9. The average Bonchev–Trinajstić information content (AvgIpc) is 2.51. The van der Waals surface area contributed by atoms with Crippen molar-refractivity contribution in [1.82, 2.24) is 15.0 Å². The van der Waals surface area contributed by atoms with Crippen molar-refractivity contribution in [2.24, 2.45) is 0 Å². The quantitative estimate of drug-likeness (QED) is 0.837. The van der Waals surface area contributed by atoms with Gasteiger partial charge >= 0.3 is 5.51 Å². The molecule has 0 bridgehead atoms. The number of alkyl halides is 3. The third-order valence-corrected chi connectivity index (χ3v) is 2.25. The van der Waals surface area contributed by atoms with Gasteiger partial charge in [0.1, 0.15) is 0 Å². The van der Waals surface area contributed by atoms with Crippen LogP contribution in [-0.2, 0) is 13.0 Å².